The van der Waals surface area contributed by atoms with Crippen molar-refractivity contribution in [3.05, 3.63) is 11.6 Å². The topological polar surface area (TPSA) is 157 Å². The van der Waals surface area contributed by atoms with Crippen molar-refractivity contribution in [2.75, 3.05) is 159 Å². The first kappa shape index (κ1) is 59.3. The van der Waals surface area contributed by atoms with Gasteiger partial charge < -0.3 is 66.7 Å². The molecule has 398 valence electrons. The van der Waals surface area contributed by atoms with Crippen molar-refractivity contribution in [2.45, 2.75) is 123 Å². The van der Waals surface area contributed by atoms with Crippen LogP contribution in [-0.4, -0.2) is 182 Å². The summed E-state index contributed by atoms with van der Waals surface area (Å²) in [7, 11) is 1.65. The highest BCUT2D eigenvalue weighted by Gasteiger charge is 2.59. The van der Waals surface area contributed by atoms with Crippen LogP contribution in [0.15, 0.2) is 11.6 Å². The lowest BCUT2D eigenvalue weighted by atomic mass is 9.47. The zero-order chi connectivity index (χ0) is 48.8. The number of hydrogen-bond acceptors (Lipinski definition) is 15. The number of ether oxygens (including phenoxy) is 13. The number of esters is 1. The van der Waals surface area contributed by atoms with Gasteiger partial charge in [-0.05, 0) is 106 Å². The molecule has 0 heterocycles. The zero-order valence-corrected chi connectivity index (χ0v) is 43.5. The zero-order valence-electron chi connectivity index (χ0n) is 43.5. The van der Waals surface area contributed by atoms with Crippen molar-refractivity contribution in [3.63, 3.8) is 0 Å². The molecule has 0 aromatic carbocycles. The first-order chi connectivity index (χ1) is 33.0. The van der Waals surface area contributed by atoms with Gasteiger partial charge in [0.15, 0.2) is 0 Å². The van der Waals surface area contributed by atoms with E-state index in [0.29, 0.717) is 163 Å². The van der Waals surface area contributed by atoms with Crippen LogP contribution in [0.5, 0.6) is 0 Å². The number of allylic oxidation sites excluding steroid dienone is 1. The first-order valence-corrected chi connectivity index (χ1v) is 26.4. The van der Waals surface area contributed by atoms with E-state index in [9.17, 15) is 9.90 Å². The monoisotopic (exact) mass is 973 g/mol. The Balaban J connectivity index is 0.870. The van der Waals surface area contributed by atoms with E-state index in [1.54, 1.807) is 12.7 Å². The number of hydrogen-bond donors (Lipinski definition) is 1. The van der Waals surface area contributed by atoms with Crippen LogP contribution < -0.4 is 0 Å². The molecule has 1 N–H and O–H groups in total. The summed E-state index contributed by atoms with van der Waals surface area (Å²) in [5, 5.41) is 10.2. The standard InChI is InChI=1S/C53H96O15/c1-43(8-7-16-51(2,3)55)47-11-12-48-46-10-9-44-42-45(13-17-52(44,4)49(46)14-18-53(47,48)5)68-50(54)15-19-57-22-23-59-26-27-61-30-31-63-34-35-65-38-39-67-41-40-66-37-36-64-33-32-62-29-28-60-25-24-58-21-20-56-6/h9,43,45-49,55H,7-8,10-42H2,1-6H3/t43?,45-,46-,47+,48-,49-,52-,53+/m0/s1. The van der Waals surface area contributed by atoms with Gasteiger partial charge in [-0.15, -0.1) is 0 Å². The molecule has 4 aliphatic carbocycles. The summed E-state index contributed by atoms with van der Waals surface area (Å²) < 4.78 is 71.6. The predicted molar refractivity (Wildman–Crippen MR) is 260 cm³/mol. The Hall–Kier alpha value is -1.31. The highest BCUT2D eigenvalue weighted by Crippen LogP contribution is 2.67. The summed E-state index contributed by atoms with van der Waals surface area (Å²) in [6, 6.07) is 0. The maximum absolute atomic E-state index is 12.8. The molecule has 0 bridgehead atoms. The van der Waals surface area contributed by atoms with Crippen molar-refractivity contribution >= 4 is 5.97 Å². The third kappa shape index (κ3) is 22.2. The van der Waals surface area contributed by atoms with E-state index in [1.165, 1.54) is 38.5 Å². The Morgan fingerprint density at radius 3 is 1.50 bits per heavy atom. The summed E-state index contributed by atoms with van der Waals surface area (Å²) in [6.45, 7) is 23.0. The second-order valence-electron chi connectivity index (χ2n) is 20.5. The summed E-state index contributed by atoms with van der Waals surface area (Å²) >= 11 is 0. The van der Waals surface area contributed by atoms with E-state index < -0.39 is 5.60 Å². The van der Waals surface area contributed by atoms with Gasteiger partial charge in [-0.1, -0.05) is 45.3 Å². The van der Waals surface area contributed by atoms with Crippen LogP contribution in [0, 0.1) is 40.4 Å². The minimum atomic E-state index is -0.565. The molecule has 15 heteroatoms. The Kier molecular flexibility index (Phi) is 29.8. The van der Waals surface area contributed by atoms with E-state index in [0.717, 1.165) is 55.8 Å². The molecule has 3 fully saturated rings. The maximum Gasteiger partial charge on any atom is 0.308 e. The largest absolute Gasteiger partial charge is 0.462 e. The molecule has 0 saturated heterocycles. The van der Waals surface area contributed by atoms with E-state index in [2.05, 4.69) is 26.8 Å². The quantitative estimate of drug-likeness (QED) is 0.0370. The number of carbonyl (C=O) groups excluding carboxylic acids is 1. The minimum absolute atomic E-state index is 0.0335. The van der Waals surface area contributed by atoms with Gasteiger partial charge >= 0.3 is 5.97 Å². The molecule has 0 spiro atoms. The van der Waals surface area contributed by atoms with Gasteiger partial charge in [-0.25, -0.2) is 0 Å². The number of fused-ring (bicyclic) bond motifs is 5. The molecule has 0 aromatic heterocycles. The Morgan fingerprint density at radius 1 is 0.618 bits per heavy atom. The van der Waals surface area contributed by atoms with E-state index in [4.69, 9.17) is 61.6 Å². The van der Waals surface area contributed by atoms with Crippen LogP contribution >= 0.6 is 0 Å². The lowest BCUT2D eigenvalue weighted by molar-refractivity contribution is -0.152. The fourth-order valence-electron chi connectivity index (χ4n) is 11.6. The average molecular weight is 973 g/mol. The lowest BCUT2D eigenvalue weighted by Gasteiger charge is -2.58. The molecule has 15 nitrogen and oxygen atoms in total. The van der Waals surface area contributed by atoms with Crippen molar-refractivity contribution in [3.8, 4) is 0 Å². The first-order valence-electron chi connectivity index (χ1n) is 26.4. The molecule has 0 aliphatic heterocycles. The molecule has 1 unspecified atom stereocenters. The van der Waals surface area contributed by atoms with Crippen LogP contribution in [-0.2, 0) is 66.4 Å². The SMILES string of the molecule is COCCOCCOCCOCCOCCOCCOCCOCCOCCOCCOCCOCCC(=O)O[C@H]1CC[C@@]2(C)C(=CC[C@H]3[C@@H]4CC[C@H](C(C)CCCC(C)(C)O)[C@@]4(C)CC[C@@H]32)C1. The molecule has 0 radical (unpaired) electrons. The summed E-state index contributed by atoms with van der Waals surface area (Å²) in [5.74, 6) is 3.66. The number of methoxy groups -OCH3 is 1. The van der Waals surface area contributed by atoms with Crippen LogP contribution in [0.4, 0.5) is 0 Å². The normalized spacial score (nSPS) is 26.3. The van der Waals surface area contributed by atoms with Gasteiger partial charge in [0, 0.05) is 13.5 Å². The van der Waals surface area contributed by atoms with Crippen LogP contribution in [0.2, 0.25) is 0 Å². The van der Waals surface area contributed by atoms with Crippen LogP contribution in [0.3, 0.4) is 0 Å². The fourth-order valence-corrected chi connectivity index (χ4v) is 11.6. The van der Waals surface area contributed by atoms with Gasteiger partial charge in [0.2, 0.25) is 0 Å². The average Bonchev–Trinajstić information content (AvgIpc) is 3.67. The van der Waals surface area contributed by atoms with Gasteiger partial charge in [0.05, 0.1) is 164 Å². The van der Waals surface area contributed by atoms with E-state index >= 15 is 0 Å². The summed E-state index contributed by atoms with van der Waals surface area (Å²) in [6.07, 6.45) is 15.5. The molecule has 0 amide bonds. The molecular weight excluding hydrogens is 877 g/mol. The molecule has 4 rings (SSSR count). The molecule has 4 aliphatic rings. The van der Waals surface area contributed by atoms with Gasteiger partial charge in [0.25, 0.3) is 0 Å². The summed E-state index contributed by atoms with van der Waals surface area (Å²) in [5.41, 5.74) is 1.64. The van der Waals surface area contributed by atoms with E-state index in [-0.39, 0.29) is 23.9 Å². The fraction of sp³-hybridized carbons (Fsp3) is 0.943. The smallest absolute Gasteiger partial charge is 0.308 e. The molecule has 3 saturated carbocycles. The second kappa shape index (κ2) is 34.2. The summed E-state index contributed by atoms with van der Waals surface area (Å²) in [4.78, 5) is 12.8. The molecule has 0 aromatic rings. The highest BCUT2D eigenvalue weighted by atomic mass is 16.6. The van der Waals surface area contributed by atoms with Gasteiger partial charge in [-0.3, -0.25) is 4.79 Å². The van der Waals surface area contributed by atoms with Gasteiger partial charge in [0.1, 0.15) is 6.10 Å². The minimum Gasteiger partial charge on any atom is -0.462 e. The van der Waals surface area contributed by atoms with Crippen molar-refractivity contribution in [2.24, 2.45) is 40.4 Å². The third-order valence-electron chi connectivity index (χ3n) is 15.2. The number of carbonyl (C=O) groups is 1. The Bertz CT molecular complexity index is 1330. The maximum atomic E-state index is 12.8. The van der Waals surface area contributed by atoms with Crippen LogP contribution in [0.1, 0.15) is 112 Å². The molecular formula is C53H96O15. The van der Waals surface area contributed by atoms with Crippen molar-refractivity contribution in [1.82, 2.24) is 0 Å². The third-order valence-corrected chi connectivity index (χ3v) is 15.2. The Labute approximate surface area is 410 Å². The van der Waals surface area contributed by atoms with Crippen molar-refractivity contribution < 1.29 is 71.5 Å². The van der Waals surface area contributed by atoms with Crippen LogP contribution in [0.25, 0.3) is 0 Å². The molecule has 8 atom stereocenters. The van der Waals surface area contributed by atoms with Crippen molar-refractivity contribution in [1.29, 1.82) is 0 Å². The van der Waals surface area contributed by atoms with E-state index in [1.807, 2.05) is 13.8 Å². The number of aliphatic hydroxyl groups is 1. The van der Waals surface area contributed by atoms with Gasteiger partial charge in [-0.2, -0.15) is 0 Å². The lowest BCUT2D eigenvalue weighted by Crippen LogP contribution is -2.51. The highest BCUT2D eigenvalue weighted by molar-refractivity contribution is 5.69. The predicted octanol–water partition coefficient (Wildman–Crippen LogP) is 7.27. The molecule has 68 heavy (non-hydrogen) atoms. The second-order valence-corrected chi connectivity index (χ2v) is 20.5. The number of rotatable bonds is 42. The Morgan fingerprint density at radius 2 is 1.06 bits per heavy atom.